The second kappa shape index (κ2) is 3.63. The summed E-state index contributed by atoms with van der Waals surface area (Å²) in [6.45, 7) is 0. The molecule has 2 aromatic rings. The Morgan fingerprint density at radius 3 is 2.92 bits per heavy atom. The van der Waals surface area contributed by atoms with E-state index in [2.05, 4.69) is 28.7 Å². The van der Waals surface area contributed by atoms with Crippen molar-refractivity contribution >= 4 is 61.3 Å². The maximum atomic E-state index is 5.85. The fourth-order valence-electron chi connectivity index (χ4n) is 1.27. The highest BCUT2D eigenvalue weighted by atomic mass is 127. The summed E-state index contributed by atoms with van der Waals surface area (Å²) in [7, 11) is 0. The quantitative estimate of drug-likeness (QED) is 0.482. The van der Waals surface area contributed by atoms with Crippen molar-refractivity contribution in [1.29, 1.82) is 0 Å². The van der Waals surface area contributed by atoms with E-state index >= 15 is 0 Å². The van der Waals surface area contributed by atoms with Crippen LogP contribution in [0.1, 0.15) is 5.56 Å². The second-order valence-corrected chi connectivity index (χ2v) is 5.95. The van der Waals surface area contributed by atoms with Crippen LogP contribution in [0.2, 0.25) is 0 Å². The van der Waals surface area contributed by atoms with E-state index in [1.54, 1.807) is 11.3 Å². The van der Waals surface area contributed by atoms with E-state index in [-0.39, 0.29) is 0 Å². The number of hydrogen-bond acceptors (Lipinski definition) is 2. The summed E-state index contributed by atoms with van der Waals surface area (Å²) >= 11 is 9.87. The summed E-state index contributed by atoms with van der Waals surface area (Å²) in [6, 6.07) is 6.02. The molecule has 0 aliphatic carbocycles. The minimum Gasteiger partial charge on any atom is -0.398 e. The topological polar surface area (TPSA) is 26.0 Å². The maximum Gasteiger partial charge on any atom is 0.0666 e. The average molecular weight is 324 g/mol. The molecule has 0 unspecified atom stereocenters. The number of anilines is 1. The molecule has 0 spiro atoms. The van der Waals surface area contributed by atoms with E-state index in [0.717, 1.165) is 11.1 Å². The van der Waals surface area contributed by atoms with E-state index < -0.39 is 0 Å². The third-order valence-corrected chi connectivity index (χ3v) is 4.17. The number of benzene rings is 1. The predicted octanol–water partition coefficient (Wildman–Crippen LogP) is 3.83. The molecule has 0 aliphatic heterocycles. The van der Waals surface area contributed by atoms with Crippen molar-refractivity contribution in [2.24, 2.45) is 0 Å². The first kappa shape index (κ1) is 9.55. The molecule has 1 aromatic heterocycles. The van der Waals surface area contributed by atoms with Gasteiger partial charge in [0.2, 0.25) is 0 Å². The molecule has 1 aromatic carbocycles. The van der Waals surface area contributed by atoms with Gasteiger partial charge in [-0.1, -0.05) is 6.07 Å². The number of halogens is 2. The lowest BCUT2D eigenvalue weighted by atomic mass is 10.1. The van der Waals surface area contributed by atoms with Gasteiger partial charge in [-0.3, -0.25) is 0 Å². The molecular weight excluding hydrogens is 317 g/mol. The summed E-state index contributed by atoms with van der Waals surface area (Å²) in [6.07, 6.45) is 0. The van der Waals surface area contributed by atoms with Crippen LogP contribution in [0.15, 0.2) is 18.2 Å². The van der Waals surface area contributed by atoms with Crippen LogP contribution in [0, 0.1) is 2.88 Å². The highest BCUT2D eigenvalue weighted by molar-refractivity contribution is 14.1. The van der Waals surface area contributed by atoms with Crippen molar-refractivity contribution in [2.75, 3.05) is 5.73 Å². The Kier molecular flexibility index (Phi) is 2.67. The van der Waals surface area contributed by atoms with Gasteiger partial charge in [-0.05, 0) is 40.3 Å². The Morgan fingerprint density at radius 2 is 2.23 bits per heavy atom. The first-order chi connectivity index (χ1) is 6.22. The minimum absolute atomic E-state index is 0.549. The van der Waals surface area contributed by atoms with E-state index in [0.29, 0.717) is 5.88 Å². The fraction of sp³-hybridized carbons (Fsp3) is 0.111. The van der Waals surface area contributed by atoms with Crippen molar-refractivity contribution in [3.8, 4) is 0 Å². The Hall–Kier alpha value is -0.000000000000000111. The van der Waals surface area contributed by atoms with Gasteiger partial charge in [-0.2, -0.15) is 0 Å². The molecule has 68 valence electrons. The van der Waals surface area contributed by atoms with Crippen molar-refractivity contribution in [3.05, 3.63) is 26.6 Å². The first-order valence-electron chi connectivity index (χ1n) is 3.74. The van der Waals surface area contributed by atoms with Crippen LogP contribution in [0.4, 0.5) is 5.69 Å². The number of hydrogen-bond donors (Lipinski definition) is 1. The maximum absolute atomic E-state index is 5.85. The van der Waals surface area contributed by atoms with E-state index in [9.17, 15) is 0 Å². The highest BCUT2D eigenvalue weighted by Gasteiger charge is 2.06. The van der Waals surface area contributed by atoms with Crippen molar-refractivity contribution < 1.29 is 0 Å². The summed E-state index contributed by atoms with van der Waals surface area (Å²) in [5.74, 6) is 0.549. The molecule has 0 bridgehead atoms. The number of fused-ring (bicyclic) bond motifs is 1. The van der Waals surface area contributed by atoms with Crippen molar-refractivity contribution in [2.45, 2.75) is 5.88 Å². The Balaban J connectivity index is 2.83. The third kappa shape index (κ3) is 1.65. The monoisotopic (exact) mass is 323 g/mol. The molecule has 1 heterocycles. The van der Waals surface area contributed by atoms with E-state index in [1.807, 2.05) is 12.1 Å². The summed E-state index contributed by atoms with van der Waals surface area (Å²) < 4.78 is 2.47. The summed E-state index contributed by atoms with van der Waals surface area (Å²) in [5.41, 5.74) is 7.86. The van der Waals surface area contributed by atoms with Crippen molar-refractivity contribution in [1.82, 2.24) is 0 Å². The third-order valence-electron chi connectivity index (χ3n) is 1.91. The number of thiophene rings is 1. The molecule has 0 saturated carbocycles. The standard InChI is InChI=1S/C9H7ClINS/c10-4-5-1-2-7(12)6-3-8(11)13-9(5)6/h1-3H,4,12H2. The zero-order valence-corrected chi connectivity index (χ0v) is 10.4. The number of nitrogen functional groups attached to an aromatic ring is 1. The van der Waals surface area contributed by atoms with Crippen LogP contribution >= 0.6 is 45.5 Å². The van der Waals surface area contributed by atoms with Crippen LogP contribution < -0.4 is 5.73 Å². The fourth-order valence-corrected chi connectivity index (χ4v) is 3.48. The molecule has 2 N–H and O–H groups in total. The number of alkyl halides is 1. The predicted molar refractivity (Wildman–Crippen MR) is 68.5 cm³/mol. The lowest BCUT2D eigenvalue weighted by molar-refractivity contribution is 1.47. The van der Waals surface area contributed by atoms with Gasteiger partial charge >= 0.3 is 0 Å². The van der Waals surface area contributed by atoms with E-state index in [1.165, 1.54) is 13.1 Å². The first-order valence-corrected chi connectivity index (χ1v) is 6.17. The largest absolute Gasteiger partial charge is 0.398 e. The minimum atomic E-state index is 0.549. The van der Waals surface area contributed by atoms with Crippen LogP contribution in [-0.4, -0.2) is 0 Å². The van der Waals surface area contributed by atoms with E-state index in [4.69, 9.17) is 17.3 Å². The Morgan fingerprint density at radius 1 is 1.46 bits per heavy atom. The molecule has 0 saturated heterocycles. The van der Waals surface area contributed by atoms with Gasteiger partial charge in [0.05, 0.1) is 2.88 Å². The average Bonchev–Trinajstić information content (AvgIpc) is 2.48. The Labute approximate surface area is 99.0 Å². The van der Waals surface area contributed by atoms with Gasteiger partial charge < -0.3 is 5.73 Å². The van der Waals surface area contributed by atoms with Crippen LogP contribution in [0.25, 0.3) is 10.1 Å². The molecule has 2 rings (SSSR count). The van der Waals surface area contributed by atoms with Crippen LogP contribution in [0.5, 0.6) is 0 Å². The summed E-state index contributed by atoms with van der Waals surface area (Å²) in [5, 5.41) is 1.13. The zero-order chi connectivity index (χ0) is 9.42. The van der Waals surface area contributed by atoms with Crippen LogP contribution in [0.3, 0.4) is 0 Å². The molecule has 13 heavy (non-hydrogen) atoms. The van der Waals surface area contributed by atoms with Gasteiger partial charge in [0, 0.05) is 21.7 Å². The zero-order valence-electron chi connectivity index (χ0n) is 6.68. The lowest BCUT2D eigenvalue weighted by Crippen LogP contribution is -1.86. The molecule has 0 fully saturated rings. The molecule has 0 radical (unpaired) electrons. The molecular formula is C9H7ClINS. The van der Waals surface area contributed by atoms with Gasteiger partial charge in [0.1, 0.15) is 0 Å². The molecule has 0 atom stereocenters. The normalized spacial score (nSPS) is 10.9. The SMILES string of the molecule is Nc1ccc(CCl)c2sc(I)cc12. The number of rotatable bonds is 1. The molecule has 0 aliphatic rings. The molecule has 0 amide bonds. The molecule has 1 nitrogen and oxygen atoms in total. The van der Waals surface area contributed by atoms with Crippen molar-refractivity contribution in [3.63, 3.8) is 0 Å². The summed E-state index contributed by atoms with van der Waals surface area (Å²) in [4.78, 5) is 0. The Bertz CT molecular complexity index is 452. The van der Waals surface area contributed by atoms with Crippen LogP contribution in [-0.2, 0) is 5.88 Å². The number of nitrogens with two attached hydrogens (primary N) is 1. The smallest absolute Gasteiger partial charge is 0.0666 e. The molecule has 4 heteroatoms. The second-order valence-electron chi connectivity index (χ2n) is 2.74. The highest BCUT2D eigenvalue weighted by Crippen LogP contribution is 2.34. The van der Waals surface area contributed by atoms with Gasteiger partial charge in [0.25, 0.3) is 0 Å². The van der Waals surface area contributed by atoms with Gasteiger partial charge in [-0.25, -0.2) is 0 Å². The lowest BCUT2D eigenvalue weighted by Gasteiger charge is -1.99. The van der Waals surface area contributed by atoms with Gasteiger partial charge in [0.15, 0.2) is 0 Å². The van der Waals surface area contributed by atoms with Gasteiger partial charge in [-0.15, -0.1) is 22.9 Å².